The molecule has 0 aromatic heterocycles. The molecule has 9 heteroatoms. The lowest BCUT2D eigenvalue weighted by Gasteiger charge is -2.09. The number of carbonyl (C=O) groups is 2. The average Bonchev–Trinajstić information content (AvgIpc) is 2.54. The van der Waals surface area contributed by atoms with Crippen LogP contribution in [0.4, 0.5) is 11.4 Å². The summed E-state index contributed by atoms with van der Waals surface area (Å²) in [6, 6.07) is 7.94. The van der Waals surface area contributed by atoms with E-state index in [1.807, 2.05) is 0 Å². The van der Waals surface area contributed by atoms with Crippen LogP contribution >= 0.6 is 11.6 Å². The number of aryl methyl sites for hydroxylation is 1. The number of amides is 1. The van der Waals surface area contributed by atoms with Crippen molar-refractivity contribution in [2.24, 2.45) is 0 Å². The standard InChI is InChI=1S/C16H13ClN2O6/c1-9-2-4-11(14(20)6-9)16(22)25-8-15(21)18-13-5-3-10(19(23)24)7-12(13)17/h2-7,20H,8H2,1H3,(H,18,21). The van der Waals surface area contributed by atoms with E-state index in [0.29, 0.717) is 0 Å². The number of anilines is 1. The number of benzene rings is 2. The molecule has 0 saturated heterocycles. The third kappa shape index (κ3) is 4.67. The van der Waals surface area contributed by atoms with Crippen LogP contribution in [0.2, 0.25) is 5.02 Å². The SMILES string of the molecule is Cc1ccc(C(=O)OCC(=O)Nc2ccc([N+](=O)[O-])cc2Cl)c(O)c1. The number of ether oxygens (including phenoxy) is 1. The Morgan fingerprint density at radius 2 is 2.00 bits per heavy atom. The lowest BCUT2D eigenvalue weighted by Crippen LogP contribution is -2.21. The molecule has 2 rings (SSSR count). The zero-order valence-electron chi connectivity index (χ0n) is 13.0. The molecule has 2 N–H and O–H groups in total. The number of carbonyl (C=O) groups excluding carboxylic acids is 2. The molecule has 0 aliphatic carbocycles. The zero-order valence-corrected chi connectivity index (χ0v) is 13.7. The predicted octanol–water partition coefficient (Wildman–Crippen LogP) is 3.06. The highest BCUT2D eigenvalue weighted by Crippen LogP contribution is 2.26. The number of esters is 1. The largest absolute Gasteiger partial charge is 0.507 e. The molecule has 130 valence electrons. The van der Waals surface area contributed by atoms with Crippen LogP contribution < -0.4 is 5.32 Å². The second-order valence-corrected chi connectivity index (χ2v) is 5.47. The number of rotatable bonds is 5. The Hall–Kier alpha value is -3.13. The fourth-order valence-corrected chi connectivity index (χ4v) is 2.15. The molecule has 2 aromatic rings. The van der Waals surface area contributed by atoms with Gasteiger partial charge in [-0.25, -0.2) is 4.79 Å². The van der Waals surface area contributed by atoms with Crippen LogP contribution in [0.3, 0.4) is 0 Å². The minimum absolute atomic E-state index is 0.0231. The number of nitro groups is 1. The fraction of sp³-hybridized carbons (Fsp3) is 0.125. The van der Waals surface area contributed by atoms with Crippen molar-refractivity contribution in [1.29, 1.82) is 0 Å². The quantitative estimate of drug-likeness (QED) is 0.478. The first-order valence-electron chi connectivity index (χ1n) is 6.98. The molecule has 1 amide bonds. The second-order valence-electron chi connectivity index (χ2n) is 5.07. The molecule has 0 atom stereocenters. The minimum Gasteiger partial charge on any atom is -0.507 e. The van der Waals surface area contributed by atoms with Gasteiger partial charge in [-0.3, -0.25) is 14.9 Å². The molecule has 2 aromatic carbocycles. The smallest absolute Gasteiger partial charge is 0.342 e. The maximum absolute atomic E-state index is 11.9. The number of non-ortho nitro benzene ring substituents is 1. The Bertz CT molecular complexity index is 853. The summed E-state index contributed by atoms with van der Waals surface area (Å²) in [5.74, 6) is -1.79. The summed E-state index contributed by atoms with van der Waals surface area (Å²) in [6.07, 6.45) is 0. The maximum atomic E-state index is 11.9. The van der Waals surface area contributed by atoms with Crippen LogP contribution in [0, 0.1) is 17.0 Å². The normalized spacial score (nSPS) is 10.2. The number of phenols is 1. The first-order chi connectivity index (χ1) is 11.8. The monoisotopic (exact) mass is 364 g/mol. The molecule has 0 saturated carbocycles. The summed E-state index contributed by atoms with van der Waals surface area (Å²) >= 11 is 5.85. The molecule has 0 heterocycles. The summed E-state index contributed by atoms with van der Waals surface area (Å²) in [4.78, 5) is 33.7. The summed E-state index contributed by atoms with van der Waals surface area (Å²) in [6.45, 7) is 1.13. The Kier molecular flexibility index (Phi) is 5.56. The lowest BCUT2D eigenvalue weighted by molar-refractivity contribution is -0.384. The number of nitrogens with zero attached hydrogens (tertiary/aromatic N) is 1. The van der Waals surface area contributed by atoms with Crippen LogP contribution in [-0.2, 0) is 9.53 Å². The third-order valence-electron chi connectivity index (χ3n) is 3.15. The van der Waals surface area contributed by atoms with Crippen molar-refractivity contribution in [3.63, 3.8) is 0 Å². The number of nitrogens with one attached hydrogen (secondary N) is 1. The number of hydrogen-bond acceptors (Lipinski definition) is 6. The Morgan fingerprint density at radius 3 is 2.60 bits per heavy atom. The number of aromatic hydroxyl groups is 1. The Balaban J connectivity index is 1.96. The first-order valence-corrected chi connectivity index (χ1v) is 7.36. The van der Waals surface area contributed by atoms with Gasteiger partial charge in [0.1, 0.15) is 11.3 Å². The first kappa shape index (κ1) is 18.2. The van der Waals surface area contributed by atoms with E-state index in [0.717, 1.165) is 11.6 Å². The summed E-state index contributed by atoms with van der Waals surface area (Å²) in [7, 11) is 0. The van der Waals surface area contributed by atoms with Gasteiger partial charge in [0, 0.05) is 12.1 Å². The van der Waals surface area contributed by atoms with Gasteiger partial charge in [0.25, 0.3) is 11.6 Å². The number of halogens is 1. The number of phenolic OH excluding ortho intramolecular Hbond substituents is 1. The van der Waals surface area contributed by atoms with E-state index in [4.69, 9.17) is 16.3 Å². The van der Waals surface area contributed by atoms with Crippen LogP contribution in [0.15, 0.2) is 36.4 Å². The third-order valence-corrected chi connectivity index (χ3v) is 3.46. The molecule has 0 bridgehead atoms. The van der Waals surface area contributed by atoms with Gasteiger partial charge in [-0.05, 0) is 30.7 Å². The van der Waals surface area contributed by atoms with Gasteiger partial charge in [0.2, 0.25) is 0 Å². The van der Waals surface area contributed by atoms with E-state index in [1.54, 1.807) is 13.0 Å². The van der Waals surface area contributed by atoms with E-state index in [1.165, 1.54) is 24.3 Å². The molecule has 0 unspecified atom stereocenters. The molecule has 0 aliphatic rings. The van der Waals surface area contributed by atoms with Crippen molar-refractivity contribution in [1.82, 2.24) is 0 Å². The van der Waals surface area contributed by atoms with E-state index in [2.05, 4.69) is 5.32 Å². The van der Waals surface area contributed by atoms with Crippen LogP contribution in [0.1, 0.15) is 15.9 Å². The summed E-state index contributed by atoms with van der Waals surface area (Å²) in [5.41, 5.74) is 0.627. The highest BCUT2D eigenvalue weighted by atomic mass is 35.5. The number of nitro benzene ring substituents is 1. The predicted molar refractivity (Wildman–Crippen MR) is 89.9 cm³/mol. The topological polar surface area (TPSA) is 119 Å². The van der Waals surface area contributed by atoms with E-state index in [9.17, 15) is 24.8 Å². The highest BCUT2D eigenvalue weighted by Gasteiger charge is 2.16. The fourth-order valence-electron chi connectivity index (χ4n) is 1.93. The van der Waals surface area contributed by atoms with Crippen molar-refractivity contribution >= 4 is 34.9 Å². The molecule has 0 spiro atoms. The van der Waals surface area contributed by atoms with Gasteiger partial charge < -0.3 is 15.2 Å². The Labute approximate surface area is 147 Å². The van der Waals surface area contributed by atoms with Crippen molar-refractivity contribution in [3.05, 3.63) is 62.7 Å². The van der Waals surface area contributed by atoms with Gasteiger partial charge in [-0.15, -0.1) is 0 Å². The molecule has 0 fully saturated rings. The van der Waals surface area contributed by atoms with Crippen LogP contribution in [0.5, 0.6) is 5.75 Å². The van der Waals surface area contributed by atoms with E-state index < -0.39 is 23.4 Å². The van der Waals surface area contributed by atoms with Crippen molar-refractivity contribution in [2.75, 3.05) is 11.9 Å². The summed E-state index contributed by atoms with van der Waals surface area (Å²) < 4.78 is 4.82. The lowest BCUT2D eigenvalue weighted by atomic mass is 10.1. The van der Waals surface area contributed by atoms with E-state index in [-0.39, 0.29) is 27.7 Å². The average molecular weight is 365 g/mol. The maximum Gasteiger partial charge on any atom is 0.342 e. The molecule has 0 aliphatic heterocycles. The van der Waals surface area contributed by atoms with Crippen LogP contribution in [-0.4, -0.2) is 28.5 Å². The molecule has 8 nitrogen and oxygen atoms in total. The van der Waals surface area contributed by atoms with Crippen molar-refractivity contribution in [3.8, 4) is 5.75 Å². The summed E-state index contributed by atoms with van der Waals surface area (Å²) in [5, 5.41) is 22.7. The zero-order chi connectivity index (χ0) is 18.6. The van der Waals surface area contributed by atoms with Gasteiger partial charge in [-0.2, -0.15) is 0 Å². The number of hydrogen-bond donors (Lipinski definition) is 2. The van der Waals surface area contributed by atoms with Crippen molar-refractivity contribution < 1.29 is 24.4 Å². The van der Waals surface area contributed by atoms with Gasteiger partial charge >= 0.3 is 5.97 Å². The van der Waals surface area contributed by atoms with Gasteiger partial charge in [0.15, 0.2) is 6.61 Å². The van der Waals surface area contributed by atoms with Crippen molar-refractivity contribution in [2.45, 2.75) is 6.92 Å². The van der Waals surface area contributed by atoms with E-state index >= 15 is 0 Å². The second kappa shape index (κ2) is 7.63. The van der Waals surface area contributed by atoms with Gasteiger partial charge in [0.05, 0.1) is 15.6 Å². The van der Waals surface area contributed by atoms with Crippen LogP contribution in [0.25, 0.3) is 0 Å². The molecular weight excluding hydrogens is 352 g/mol. The Morgan fingerprint density at radius 1 is 1.28 bits per heavy atom. The molecular formula is C16H13ClN2O6. The highest BCUT2D eigenvalue weighted by molar-refractivity contribution is 6.34. The molecule has 0 radical (unpaired) electrons. The minimum atomic E-state index is -0.859. The van der Waals surface area contributed by atoms with Gasteiger partial charge in [-0.1, -0.05) is 17.7 Å². The molecule has 25 heavy (non-hydrogen) atoms.